The Kier molecular flexibility index (Phi) is 6.55. The Morgan fingerprint density at radius 1 is 0.400 bits per heavy atom. The molecule has 0 bridgehead atoms. The van der Waals surface area contributed by atoms with Crippen LogP contribution in [0, 0.1) is 23.3 Å². The normalized spacial score (nSPS) is 11.1. The van der Waals surface area contributed by atoms with Crippen molar-refractivity contribution in [3.05, 3.63) is 120 Å². The minimum Gasteiger partial charge on any atom is -0.207 e. The van der Waals surface area contributed by atoms with Gasteiger partial charge in [0.1, 0.15) is 29.4 Å². The Bertz CT molecular complexity index is 991. The Hall–Kier alpha value is -2.74. The summed E-state index contributed by atoms with van der Waals surface area (Å²) >= 11 is 0. The van der Waals surface area contributed by atoms with E-state index in [4.69, 9.17) is 0 Å². The van der Waals surface area contributed by atoms with Gasteiger partial charge in [-0.2, -0.15) is 21.9 Å². The minimum atomic E-state index is -2.25. The molecular formula is C24H16BF4Li. The van der Waals surface area contributed by atoms with E-state index in [0.29, 0.717) is 21.9 Å². The monoisotopic (exact) mass is 398 g/mol. The molecule has 0 saturated heterocycles. The topological polar surface area (TPSA) is 0 Å². The number of hydrogen-bond donors (Lipinski definition) is 0. The maximum atomic E-state index is 14.3. The van der Waals surface area contributed by atoms with Gasteiger partial charge in [-0.25, -0.2) is 17.6 Å². The van der Waals surface area contributed by atoms with Crippen molar-refractivity contribution < 1.29 is 36.4 Å². The van der Waals surface area contributed by atoms with Gasteiger partial charge in [0.2, 0.25) is 0 Å². The molecule has 0 amide bonds. The molecule has 30 heavy (non-hydrogen) atoms. The van der Waals surface area contributed by atoms with Crippen molar-refractivity contribution in [1.29, 1.82) is 0 Å². The Labute approximate surface area is 184 Å². The fraction of sp³-hybridized carbons (Fsp3) is 0. The van der Waals surface area contributed by atoms with E-state index >= 15 is 0 Å². The first-order valence-corrected chi connectivity index (χ1v) is 9.20. The second kappa shape index (κ2) is 8.95. The van der Waals surface area contributed by atoms with Crippen LogP contribution in [0.4, 0.5) is 17.6 Å². The van der Waals surface area contributed by atoms with Crippen molar-refractivity contribution in [3.8, 4) is 0 Å². The first kappa shape index (κ1) is 22.0. The largest absolute Gasteiger partial charge is 1.00 e. The first-order chi connectivity index (χ1) is 14.0. The van der Waals surface area contributed by atoms with Gasteiger partial charge < -0.3 is 0 Å². The summed E-state index contributed by atoms with van der Waals surface area (Å²) in [5.74, 6) is -1.95. The summed E-state index contributed by atoms with van der Waals surface area (Å²) in [5, 5.41) is 0. The summed E-state index contributed by atoms with van der Waals surface area (Å²) in [6, 6.07) is 23.5. The molecule has 0 radical (unpaired) electrons. The number of halogens is 4. The Balaban J connectivity index is 0.00000256. The molecule has 0 saturated carbocycles. The molecule has 0 fully saturated rings. The van der Waals surface area contributed by atoms with E-state index in [-0.39, 0.29) is 18.9 Å². The predicted molar refractivity (Wildman–Crippen MR) is 110 cm³/mol. The number of hydrogen-bond acceptors (Lipinski definition) is 0. The Morgan fingerprint density at radius 3 is 0.833 bits per heavy atom. The first-order valence-electron chi connectivity index (χ1n) is 9.20. The predicted octanol–water partition coefficient (Wildman–Crippen LogP) is 0.624. The van der Waals surface area contributed by atoms with Crippen LogP contribution in [-0.4, -0.2) is 6.15 Å². The fourth-order valence-corrected chi connectivity index (χ4v) is 4.26. The van der Waals surface area contributed by atoms with Crippen LogP contribution in [0.25, 0.3) is 0 Å². The van der Waals surface area contributed by atoms with Crippen LogP contribution in [0.15, 0.2) is 97.1 Å². The fourth-order valence-electron chi connectivity index (χ4n) is 4.26. The van der Waals surface area contributed by atoms with Crippen molar-refractivity contribution in [2.45, 2.75) is 0 Å². The van der Waals surface area contributed by atoms with Crippen LogP contribution in [0.1, 0.15) is 0 Å². The van der Waals surface area contributed by atoms with E-state index in [1.165, 1.54) is 48.5 Å². The van der Waals surface area contributed by atoms with Gasteiger partial charge in [-0.15, -0.1) is 0 Å². The Morgan fingerprint density at radius 2 is 0.633 bits per heavy atom. The average Bonchev–Trinajstić information content (AvgIpc) is 2.69. The molecule has 0 aliphatic carbocycles. The third-order valence-corrected chi connectivity index (χ3v) is 5.39. The van der Waals surface area contributed by atoms with Crippen LogP contribution < -0.4 is 40.7 Å². The molecule has 144 valence electrons. The van der Waals surface area contributed by atoms with Crippen molar-refractivity contribution >= 4 is 28.0 Å². The van der Waals surface area contributed by atoms with Gasteiger partial charge in [0.05, 0.1) is 0 Å². The molecule has 4 rings (SSSR count). The van der Waals surface area contributed by atoms with E-state index in [9.17, 15) is 17.6 Å². The van der Waals surface area contributed by atoms with Crippen molar-refractivity contribution in [2.24, 2.45) is 0 Å². The number of benzene rings is 4. The molecule has 0 unspecified atom stereocenters. The summed E-state index contributed by atoms with van der Waals surface area (Å²) in [7, 11) is 0. The zero-order valence-electron chi connectivity index (χ0n) is 16.3. The molecule has 0 N–H and O–H groups in total. The molecule has 0 aliphatic heterocycles. The molecule has 0 atom stereocenters. The molecule has 6 heteroatoms. The van der Waals surface area contributed by atoms with Crippen LogP contribution in [0.5, 0.6) is 0 Å². The van der Waals surface area contributed by atoms with Gasteiger partial charge in [0, 0.05) is 0 Å². The molecule has 4 aromatic carbocycles. The maximum Gasteiger partial charge on any atom is 1.00 e. The molecule has 0 aliphatic rings. The van der Waals surface area contributed by atoms with E-state index in [0.717, 1.165) is 0 Å². The van der Waals surface area contributed by atoms with Gasteiger partial charge in [0.15, 0.2) is 0 Å². The summed E-state index contributed by atoms with van der Waals surface area (Å²) in [6.45, 7) is 0. The third kappa shape index (κ3) is 3.96. The van der Waals surface area contributed by atoms with E-state index < -0.39 is 29.4 Å². The number of rotatable bonds is 4. The average molecular weight is 398 g/mol. The molecule has 4 aromatic rings. The van der Waals surface area contributed by atoms with Crippen molar-refractivity contribution in [1.82, 2.24) is 0 Å². The molecule has 0 aromatic heterocycles. The van der Waals surface area contributed by atoms with Gasteiger partial charge in [0.25, 0.3) is 0 Å². The van der Waals surface area contributed by atoms with E-state index in [2.05, 4.69) is 0 Å². The van der Waals surface area contributed by atoms with Crippen LogP contribution in [0.3, 0.4) is 0 Å². The molecule has 0 nitrogen and oxygen atoms in total. The van der Waals surface area contributed by atoms with Gasteiger partial charge >= 0.3 is 18.9 Å². The van der Waals surface area contributed by atoms with Crippen LogP contribution in [-0.2, 0) is 0 Å². The van der Waals surface area contributed by atoms with Crippen molar-refractivity contribution in [3.63, 3.8) is 0 Å². The van der Waals surface area contributed by atoms with Gasteiger partial charge in [-0.1, -0.05) is 72.8 Å². The zero-order chi connectivity index (χ0) is 20.4. The van der Waals surface area contributed by atoms with E-state index in [1.54, 1.807) is 48.5 Å². The van der Waals surface area contributed by atoms with Crippen molar-refractivity contribution in [2.75, 3.05) is 0 Å². The molecule has 0 heterocycles. The summed E-state index contributed by atoms with van der Waals surface area (Å²) < 4.78 is 57.1. The minimum absolute atomic E-state index is 0. The molecule has 0 spiro atoms. The maximum absolute atomic E-state index is 14.3. The standard InChI is InChI=1S/C24H16BF4.Li/c26-21-9-1-5-17(13-21)25(18-6-2-10-22(27)14-18,19-7-3-11-23(28)15-19)20-8-4-12-24(29)16-20;/h1-16H;/q-1;+1. The second-order valence-electron chi connectivity index (χ2n) is 7.09. The quantitative estimate of drug-likeness (QED) is 0.350. The van der Waals surface area contributed by atoms with Gasteiger partial charge in [-0.3, -0.25) is 0 Å². The van der Waals surface area contributed by atoms with Crippen LogP contribution in [0.2, 0.25) is 0 Å². The molecular weight excluding hydrogens is 382 g/mol. The van der Waals surface area contributed by atoms with E-state index in [1.807, 2.05) is 0 Å². The second-order valence-corrected chi connectivity index (χ2v) is 7.09. The zero-order valence-corrected chi connectivity index (χ0v) is 16.3. The summed E-state index contributed by atoms with van der Waals surface area (Å²) in [6.07, 6.45) is -2.25. The summed E-state index contributed by atoms with van der Waals surface area (Å²) in [4.78, 5) is 0. The smallest absolute Gasteiger partial charge is 0.207 e. The SMILES string of the molecule is Fc1cccc([B-](c2cccc(F)c2)(c2cccc(F)c2)c2cccc(F)c2)c1.[Li+]. The van der Waals surface area contributed by atoms with Crippen LogP contribution >= 0.6 is 0 Å². The summed E-state index contributed by atoms with van der Waals surface area (Å²) in [5.41, 5.74) is 1.97. The third-order valence-electron chi connectivity index (χ3n) is 5.39. The van der Waals surface area contributed by atoms with Gasteiger partial charge in [-0.05, 0) is 24.3 Å².